The third-order valence-corrected chi connectivity index (χ3v) is 2.93. The summed E-state index contributed by atoms with van der Waals surface area (Å²) in [5.41, 5.74) is 7.66. The van der Waals surface area contributed by atoms with Crippen LogP contribution in [0.2, 0.25) is 0 Å². The second kappa shape index (κ2) is 6.71. The van der Waals surface area contributed by atoms with Crippen molar-refractivity contribution in [2.75, 3.05) is 31.3 Å². The van der Waals surface area contributed by atoms with Crippen molar-refractivity contribution in [1.29, 1.82) is 0 Å². The van der Waals surface area contributed by atoms with Crippen LogP contribution in [0.15, 0.2) is 23.1 Å². The molecule has 0 spiro atoms. The van der Waals surface area contributed by atoms with Crippen molar-refractivity contribution in [2.24, 2.45) is 0 Å². The Kier molecular flexibility index (Phi) is 5.53. The standard InChI is InChI=1S/C11H17NO2S/c1-9-8-10(2-3-11(9)12)15-7-6-14-5-4-13/h2-3,8,13H,4-7,12H2,1H3. The largest absolute Gasteiger partial charge is 0.399 e. The Morgan fingerprint density at radius 2 is 2.20 bits per heavy atom. The number of hydrogen-bond acceptors (Lipinski definition) is 4. The van der Waals surface area contributed by atoms with Crippen LogP contribution in [-0.4, -0.2) is 30.7 Å². The van der Waals surface area contributed by atoms with E-state index < -0.39 is 0 Å². The molecule has 0 saturated carbocycles. The molecule has 3 N–H and O–H groups in total. The van der Waals surface area contributed by atoms with Gasteiger partial charge in [-0.05, 0) is 30.7 Å². The summed E-state index contributed by atoms with van der Waals surface area (Å²) in [6.07, 6.45) is 0. The summed E-state index contributed by atoms with van der Waals surface area (Å²) in [4.78, 5) is 1.20. The number of aryl methyl sites for hydroxylation is 1. The molecule has 0 saturated heterocycles. The van der Waals surface area contributed by atoms with Crippen LogP contribution in [0, 0.1) is 6.92 Å². The van der Waals surface area contributed by atoms with Gasteiger partial charge in [0.1, 0.15) is 0 Å². The number of rotatable bonds is 6. The summed E-state index contributed by atoms with van der Waals surface area (Å²) in [7, 11) is 0. The first-order valence-electron chi connectivity index (χ1n) is 4.91. The van der Waals surface area contributed by atoms with Gasteiger partial charge in [-0.15, -0.1) is 11.8 Å². The van der Waals surface area contributed by atoms with E-state index in [4.69, 9.17) is 15.6 Å². The maximum absolute atomic E-state index is 8.50. The van der Waals surface area contributed by atoms with Gasteiger partial charge in [0.25, 0.3) is 0 Å². The Labute approximate surface area is 94.6 Å². The molecule has 1 rings (SSSR count). The minimum atomic E-state index is 0.0889. The third kappa shape index (κ3) is 4.55. The van der Waals surface area contributed by atoms with Gasteiger partial charge >= 0.3 is 0 Å². The molecule has 1 aromatic rings. The van der Waals surface area contributed by atoms with Crippen molar-refractivity contribution in [3.63, 3.8) is 0 Å². The lowest BCUT2D eigenvalue weighted by atomic mass is 10.2. The summed E-state index contributed by atoms with van der Waals surface area (Å²) >= 11 is 1.73. The molecular weight excluding hydrogens is 210 g/mol. The number of hydrogen-bond donors (Lipinski definition) is 2. The molecule has 0 radical (unpaired) electrons. The van der Waals surface area contributed by atoms with E-state index in [0.717, 1.165) is 17.0 Å². The van der Waals surface area contributed by atoms with Crippen molar-refractivity contribution in [1.82, 2.24) is 0 Å². The fourth-order valence-corrected chi connectivity index (χ4v) is 1.98. The second-order valence-corrected chi connectivity index (χ2v) is 4.37. The minimum Gasteiger partial charge on any atom is -0.399 e. The zero-order chi connectivity index (χ0) is 11.1. The Balaban J connectivity index is 2.28. The lowest BCUT2D eigenvalue weighted by molar-refractivity contribution is 0.103. The number of aliphatic hydroxyl groups is 1. The van der Waals surface area contributed by atoms with Crippen LogP contribution < -0.4 is 5.73 Å². The Morgan fingerprint density at radius 3 is 2.87 bits per heavy atom. The van der Waals surface area contributed by atoms with Gasteiger partial charge in [-0.3, -0.25) is 0 Å². The van der Waals surface area contributed by atoms with Crippen LogP contribution in [0.25, 0.3) is 0 Å². The van der Waals surface area contributed by atoms with Crippen molar-refractivity contribution >= 4 is 17.4 Å². The fourth-order valence-electron chi connectivity index (χ4n) is 1.12. The molecule has 0 unspecified atom stereocenters. The predicted octanol–water partition coefficient (Wildman–Crippen LogP) is 1.68. The number of aliphatic hydroxyl groups excluding tert-OH is 1. The molecule has 15 heavy (non-hydrogen) atoms. The van der Waals surface area contributed by atoms with Gasteiger partial charge in [0, 0.05) is 16.3 Å². The number of benzene rings is 1. The van der Waals surface area contributed by atoms with Crippen LogP contribution in [0.5, 0.6) is 0 Å². The molecule has 0 fully saturated rings. The van der Waals surface area contributed by atoms with E-state index in [1.165, 1.54) is 4.90 Å². The first-order chi connectivity index (χ1) is 7.24. The quantitative estimate of drug-likeness (QED) is 0.441. The number of nitrogen functional groups attached to an aromatic ring is 1. The predicted molar refractivity (Wildman–Crippen MR) is 64.2 cm³/mol. The normalized spacial score (nSPS) is 10.5. The zero-order valence-corrected chi connectivity index (χ0v) is 9.72. The molecule has 0 aliphatic carbocycles. The summed E-state index contributed by atoms with van der Waals surface area (Å²) < 4.78 is 5.16. The van der Waals surface area contributed by atoms with Crippen LogP contribution in [-0.2, 0) is 4.74 Å². The van der Waals surface area contributed by atoms with Gasteiger partial charge in [-0.1, -0.05) is 0 Å². The summed E-state index contributed by atoms with van der Waals surface area (Å²) in [6.45, 7) is 3.17. The molecule has 0 aliphatic heterocycles. The van der Waals surface area contributed by atoms with Gasteiger partial charge < -0.3 is 15.6 Å². The van der Waals surface area contributed by atoms with Gasteiger partial charge in [-0.25, -0.2) is 0 Å². The molecule has 0 atom stereocenters. The average Bonchev–Trinajstić information content (AvgIpc) is 2.23. The van der Waals surface area contributed by atoms with Gasteiger partial charge in [0.05, 0.1) is 19.8 Å². The summed E-state index contributed by atoms with van der Waals surface area (Å²) in [5, 5.41) is 8.50. The van der Waals surface area contributed by atoms with Gasteiger partial charge in [0.15, 0.2) is 0 Å². The van der Waals surface area contributed by atoms with E-state index in [1.807, 2.05) is 19.1 Å². The molecule has 0 bridgehead atoms. The monoisotopic (exact) mass is 227 g/mol. The number of ether oxygens (including phenoxy) is 1. The maximum Gasteiger partial charge on any atom is 0.0698 e. The van der Waals surface area contributed by atoms with Crippen molar-refractivity contribution < 1.29 is 9.84 Å². The molecule has 3 nitrogen and oxygen atoms in total. The van der Waals surface area contributed by atoms with Crippen LogP contribution in [0.4, 0.5) is 5.69 Å². The Morgan fingerprint density at radius 1 is 1.40 bits per heavy atom. The highest BCUT2D eigenvalue weighted by Gasteiger charge is 1.97. The fraction of sp³-hybridized carbons (Fsp3) is 0.455. The van der Waals surface area contributed by atoms with E-state index in [1.54, 1.807) is 11.8 Å². The number of thioether (sulfide) groups is 1. The highest BCUT2D eigenvalue weighted by molar-refractivity contribution is 7.99. The summed E-state index contributed by atoms with van der Waals surface area (Å²) in [5.74, 6) is 0.892. The van der Waals surface area contributed by atoms with Crippen molar-refractivity contribution in [3.05, 3.63) is 23.8 Å². The SMILES string of the molecule is Cc1cc(SCCOCCO)ccc1N. The molecule has 84 valence electrons. The first kappa shape index (κ1) is 12.4. The van der Waals surface area contributed by atoms with E-state index in [0.29, 0.717) is 13.2 Å². The Hall–Kier alpha value is -0.710. The molecule has 0 amide bonds. The second-order valence-electron chi connectivity index (χ2n) is 3.20. The molecule has 0 aliphatic rings. The zero-order valence-electron chi connectivity index (χ0n) is 8.90. The lowest BCUT2D eigenvalue weighted by Crippen LogP contribution is -2.02. The first-order valence-corrected chi connectivity index (χ1v) is 5.90. The number of anilines is 1. The minimum absolute atomic E-state index is 0.0889. The van der Waals surface area contributed by atoms with Crippen LogP contribution >= 0.6 is 11.8 Å². The van der Waals surface area contributed by atoms with Crippen LogP contribution in [0.1, 0.15) is 5.56 Å². The molecule has 4 heteroatoms. The van der Waals surface area contributed by atoms with E-state index in [-0.39, 0.29) is 6.61 Å². The van der Waals surface area contributed by atoms with Gasteiger partial charge in [-0.2, -0.15) is 0 Å². The molecular formula is C11H17NO2S. The smallest absolute Gasteiger partial charge is 0.0698 e. The maximum atomic E-state index is 8.50. The van der Waals surface area contributed by atoms with Crippen molar-refractivity contribution in [2.45, 2.75) is 11.8 Å². The van der Waals surface area contributed by atoms with E-state index in [2.05, 4.69) is 6.07 Å². The average molecular weight is 227 g/mol. The lowest BCUT2D eigenvalue weighted by Gasteiger charge is -2.05. The highest BCUT2D eigenvalue weighted by Crippen LogP contribution is 2.22. The third-order valence-electron chi connectivity index (χ3n) is 1.97. The molecule has 1 aromatic carbocycles. The van der Waals surface area contributed by atoms with E-state index >= 15 is 0 Å². The van der Waals surface area contributed by atoms with E-state index in [9.17, 15) is 0 Å². The topological polar surface area (TPSA) is 55.5 Å². The highest BCUT2D eigenvalue weighted by atomic mass is 32.2. The summed E-state index contributed by atoms with van der Waals surface area (Å²) in [6, 6.07) is 6.01. The van der Waals surface area contributed by atoms with Crippen LogP contribution in [0.3, 0.4) is 0 Å². The van der Waals surface area contributed by atoms with Gasteiger partial charge in [0.2, 0.25) is 0 Å². The molecule has 0 heterocycles. The number of nitrogens with two attached hydrogens (primary N) is 1. The Bertz CT molecular complexity index is 305. The van der Waals surface area contributed by atoms with Crippen molar-refractivity contribution in [3.8, 4) is 0 Å². The molecule has 0 aromatic heterocycles.